The molecule has 1 aromatic rings. The molecular weight excluding hydrogens is 298 g/mol. The number of carboxylic acid groups (broad SMARTS) is 1. The van der Waals surface area contributed by atoms with Crippen LogP contribution in [-0.2, 0) is 4.79 Å². The quantitative estimate of drug-likeness (QED) is 0.901. The smallest absolute Gasteiger partial charge is 0.308 e. The highest BCUT2D eigenvalue weighted by molar-refractivity contribution is 9.10. The minimum Gasteiger partial charge on any atom is -0.481 e. The summed E-state index contributed by atoms with van der Waals surface area (Å²) in [5, 5.41) is 11.9. The molecule has 2 N–H and O–H groups in total. The van der Waals surface area contributed by atoms with Gasteiger partial charge in [0.2, 0.25) is 0 Å². The number of hydrogen-bond acceptors (Lipinski definition) is 2. The summed E-state index contributed by atoms with van der Waals surface area (Å²) in [6, 6.07) is 6.85. The van der Waals surface area contributed by atoms with E-state index >= 15 is 0 Å². The maximum Gasteiger partial charge on any atom is 0.308 e. The molecule has 0 radical (unpaired) electrons. The van der Waals surface area contributed by atoms with Crippen LogP contribution in [0, 0.1) is 5.92 Å². The molecule has 1 fully saturated rings. The van der Waals surface area contributed by atoms with Crippen molar-refractivity contribution in [1.82, 2.24) is 5.32 Å². The van der Waals surface area contributed by atoms with Gasteiger partial charge in [-0.2, -0.15) is 0 Å². The number of aliphatic carboxylic acids is 1. The molecule has 5 heteroatoms. The van der Waals surface area contributed by atoms with Gasteiger partial charge in [-0.1, -0.05) is 18.6 Å². The second kappa shape index (κ2) is 5.52. The van der Waals surface area contributed by atoms with E-state index in [9.17, 15) is 9.59 Å². The molecule has 1 aliphatic carbocycles. The fourth-order valence-corrected chi connectivity index (χ4v) is 2.78. The molecular formula is C13H14BrNO3. The molecule has 4 nitrogen and oxygen atoms in total. The second-order valence-electron chi connectivity index (χ2n) is 4.44. The summed E-state index contributed by atoms with van der Waals surface area (Å²) < 4.78 is 0.715. The number of halogens is 1. The van der Waals surface area contributed by atoms with Gasteiger partial charge in [-0.3, -0.25) is 9.59 Å². The first kappa shape index (κ1) is 13.1. The Kier molecular flexibility index (Phi) is 4.01. The van der Waals surface area contributed by atoms with Gasteiger partial charge in [0.05, 0.1) is 11.5 Å². The molecule has 1 saturated carbocycles. The van der Waals surface area contributed by atoms with Gasteiger partial charge in [0.25, 0.3) is 5.91 Å². The topological polar surface area (TPSA) is 66.4 Å². The van der Waals surface area contributed by atoms with Crippen molar-refractivity contribution >= 4 is 27.8 Å². The predicted molar refractivity (Wildman–Crippen MR) is 70.4 cm³/mol. The maximum atomic E-state index is 12.1. The lowest BCUT2D eigenvalue weighted by atomic mass is 10.0. The van der Waals surface area contributed by atoms with E-state index in [0.29, 0.717) is 16.5 Å². The Morgan fingerprint density at radius 1 is 1.28 bits per heavy atom. The first-order chi connectivity index (χ1) is 8.59. The number of rotatable bonds is 3. The van der Waals surface area contributed by atoms with Gasteiger partial charge < -0.3 is 10.4 Å². The van der Waals surface area contributed by atoms with Crippen LogP contribution in [0.3, 0.4) is 0 Å². The fourth-order valence-electron chi connectivity index (χ4n) is 2.32. The maximum absolute atomic E-state index is 12.1. The molecule has 2 atom stereocenters. The van der Waals surface area contributed by atoms with Crippen LogP contribution in [0.5, 0.6) is 0 Å². The van der Waals surface area contributed by atoms with E-state index in [0.717, 1.165) is 12.8 Å². The van der Waals surface area contributed by atoms with E-state index in [2.05, 4.69) is 21.2 Å². The summed E-state index contributed by atoms with van der Waals surface area (Å²) in [4.78, 5) is 23.1. The molecule has 0 bridgehead atoms. The zero-order chi connectivity index (χ0) is 13.1. The van der Waals surface area contributed by atoms with Gasteiger partial charge in [0, 0.05) is 10.5 Å². The summed E-state index contributed by atoms with van der Waals surface area (Å²) in [5.41, 5.74) is 0.536. The Hall–Kier alpha value is -1.36. The Morgan fingerprint density at radius 3 is 2.67 bits per heavy atom. The number of nitrogens with one attached hydrogen (secondary N) is 1. The summed E-state index contributed by atoms with van der Waals surface area (Å²) in [5.74, 6) is -1.51. The number of hydrogen-bond donors (Lipinski definition) is 2. The first-order valence-electron chi connectivity index (χ1n) is 5.88. The van der Waals surface area contributed by atoms with E-state index in [-0.39, 0.29) is 11.9 Å². The molecule has 1 aromatic carbocycles. The second-order valence-corrected chi connectivity index (χ2v) is 5.29. The number of benzene rings is 1. The van der Waals surface area contributed by atoms with Crippen molar-refractivity contribution in [2.45, 2.75) is 25.3 Å². The van der Waals surface area contributed by atoms with E-state index in [1.54, 1.807) is 18.2 Å². The van der Waals surface area contributed by atoms with Crippen molar-refractivity contribution in [2.24, 2.45) is 5.92 Å². The average Bonchev–Trinajstić information content (AvgIpc) is 2.77. The van der Waals surface area contributed by atoms with Gasteiger partial charge in [0.1, 0.15) is 0 Å². The third-order valence-electron chi connectivity index (χ3n) is 3.27. The molecule has 2 rings (SSSR count). The molecule has 0 aliphatic heterocycles. The van der Waals surface area contributed by atoms with E-state index in [1.165, 1.54) is 0 Å². The van der Waals surface area contributed by atoms with Crippen LogP contribution in [0.2, 0.25) is 0 Å². The van der Waals surface area contributed by atoms with E-state index in [4.69, 9.17) is 5.11 Å². The lowest BCUT2D eigenvalue weighted by Gasteiger charge is -2.17. The number of carboxylic acids is 1. The van der Waals surface area contributed by atoms with E-state index < -0.39 is 11.9 Å². The minimum absolute atomic E-state index is 0.222. The normalized spacial score (nSPS) is 22.7. The van der Waals surface area contributed by atoms with Crippen molar-refractivity contribution < 1.29 is 14.7 Å². The Balaban J connectivity index is 2.08. The van der Waals surface area contributed by atoms with Gasteiger partial charge >= 0.3 is 5.97 Å². The zero-order valence-corrected chi connectivity index (χ0v) is 11.3. The zero-order valence-electron chi connectivity index (χ0n) is 9.73. The lowest BCUT2D eigenvalue weighted by Crippen LogP contribution is -2.40. The molecule has 96 valence electrons. The van der Waals surface area contributed by atoms with Crippen molar-refractivity contribution in [1.29, 1.82) is 0 Å². The highest BCUT2D eigenvalue weighted by atomic mass is 79.9. The molecule has 0 spiro atoms. The van der Waals surface area contributed by atoms with Crippen molar-refractivity contribution in [3.05, 3.63) is 34.3 Å². The molecule has 0 saturated heterocycles. The van der Waals surface area contributed by atoms with Crippen LogP contribution in [0.4, 0.5) is 0 Å². The number of amides is 1. The average molecular weight is 312 g/mol. The van der Waals surface area contributed by atoms with Crippen LogP contribution in [0.15, 0.2) is 28.7 Å². The lowest BCUT2D eigenvalue weighted by molar-refractivity contribution is -0.142. The first-order valence-corrected chi connectivity index (χ1v) is 6.67. The van der Waals surface area contributed by atoms with Crippen LogP contribution in [-0.4, -0.2) is 23.0 Å². The highest BCUT2D eigenvalue weighted by Gasteiger charge is 2.34. The largest absolute Gasteiger partial charge is 0.481 e. The summed E-state index contributed by atoms with van der Waals surface area (Å²) in [6.07, 6.45) is 2.21. The van der Waals surface area contributed by atoms with Crippen molar-refractivity contribution in [2.75, 3.05) is 0 Å². The molecule has 0 aromatic heterocycles. The van der Waals surface area contributed by atoms with Crippen LogP contribution < -0.4 is 5.32 Å². The molecule has 1 aliphatic rings. The van der Waals surface area contributed by atoms with Crippen LogP contribution >= 0.6 is 15.9 Å². The minimum atomic E-state index is -0.829. The van der Waals surface area contributed by atoms with Gasteiger partial charge in [0.15, 0.2) is 0 Å². The number of carbonyl (C=O) groups is 2. The third kappa shape index (κ3) is 2.72. The van der Waals surface area contributed by atoms with Gasteiger partial charge in [-0.25, -0.2) is 0 Å². The highest BCUT2D eigenvalue weighted by Crippen LogP contribution is 2.26. The third-order valence-corrected chi connectivity index (χ3v) is 3.96. The summed E-state index contributed by atoms with van der Waals surface area (Å²) >= 11 is 3.31. The summed E-state index contributed by atoms with van der Waals surface area (Å²) in [7, 11) is 0. The Morgan fingerprint density at radius 2 is 2.00 bits per heavy atom. The van der Waals surface area contributed by atoms with Gasteiger partial charge in [-0.15, -0.1) is 0 Å². The van der Waals surface area contributed by atoms with Crippen LogP contribution in [0.25, 0.3) is 0 Å². The fraction of sp³-hybridized carbons (Fsp3) is 0.385. The monoisotopic (exact) mass is 311 g/mol. The Bertz CT molecular complexity index is 475. The molecule has 18 heavy (non-hydrogen) atoms. The van der Waals surface area contributed by atoms with Gasteiger partial charge in [-0.05, 0) is 40.9 Å². The SMILES string of the molecule is O=C(NC1CCCC1C(=O)O)c1ccccc1Br. The standard InChI is InChI=1S/C13H14BrNO3/c14-10-6-2-1-4-8(10)12(16)15-11-7-3-5-9(11)13(17)18/h1-2,4,6,9,11H,3,5,7H2,(H,15,16)(H,17,18). The van der Waals surface area contributed by atoms with E-state index in [1.807, 2.05) is 6.07 Å². The molecule has 1 amide bonds. The molecule has 0 heterocycles. The van der Waals surface area contributed by atoms with Crippen LogP contribution in [0.1, 0.15) is 29.6 Å². The van der Waals surface area contributed by atoms with Crippen molar-refractivity contribution in [3.8, 4) is 0 Å². The van der Waals surface area contributed by atoms with Crippen molar-refractivity contribution in [3.63, 3.8) is 0 Å². The molecule has 2 unspecified atom stereocenters. The number of carbonyl (C=O) groups excluding carboxylic acids is 1. The Labute approximate surface area is 114 Å². The summed E-state index contributed by atoms with van der Waals surface area (Å²) in [6.45, 7) is 0. The predicted octanol–water partition coefficient (Wildman–Crippen LogP) is 2.43.